The van der Waals surface area contributed by atoms with Crippen LogP contribution in [0, 0.1) is 17.2 Å². The Bertz CT molecular complexity index is 438. The van der Waals surface area contributed by atoms with E-state index in [0.29, 0.717) is 0 Å². The molecule has 11 nitrogen and oxygen atoms in total. The fraction of sp³-hybridized carbons (Fsp3) is 0.667. The van der Waals surface area contributed by atoms with Crippen LogP contribution in [0.15, 0.2) is 0 Å². The number of hydrogen-bond donors (Lipinski definition) is 7. The van der Waals surface area contributed by atoms with E-state index in [1.807, 2.05) is 0 Å². The molecule has 0 aliphatic rings. The lowest BCUT2D eigenvalue weighted by atomic mass is 10.00. The smallest absolute Gasteiger partial charge is 0.323 e. The molecule has 0 aromatic carbocycles. The number of aliphatic hydroxyl groups excluding tert-OH is 2. The number of hydrogen-bond acceptors (Lipinski definition) is 9. The second kappa shape index (κ2) is 12.4. The van der Waals surface area contributed by atoms with Crippen LogP contribution >= 0.6 is 0 Å². The maximum atomic E-state index is 11.2. The molecule has 4 atom stereocenters. The van der Waals surface area contributed by atoms with Gasteiger partial charge < -0.3 is 37.6 Å². The summed E-state index contributed by atoms with van der Waals surface area (Å²) in [6.45, 7) is -0.675. The van der Waals surface area contributed by atoms with Gasteiger partial charge in [-0.25, -0.2) is 0 Å². The fourth-order valence-electron chi connectivity index (χ4n) is 1.13. The van der Waals surface area contributed by atoms with Gasteiger partial charge in [-0.2, -0.15) is 5.26 Å². The second-order valence-corrected chi connectivity index (χ2v) is 4.48. The number of nitriles is 1. The molecule has 3 unspecified atom stereocenters. The molecule has 0 saturated heterocycles. The predicted molar refractivity (Wildman–Crippen MR) is 76.7 cm³/mol. The fourth-order valence-corrected chi connectivity index (χ4v) is 1.13. The average molecular weight is 334 g/mol. The minimum Gasteiger partial charge on any atom is -0.480 e. The van der Waals surface area contributed by atoms with E-state index in [4.69, 9.17) is 42.9 Å². The molecule has 0 heterocycles. The summed E-state index contributed by atoms with van der Waals surface area (Å²) in [5, 5.41) is 41.7. The molecule has 0 saturated carbocycles. The van der Waals surface area contributed by atoms with E-state index in [1.54, 1.807) is 6.07 Å². The van der Waals surface area contributed by atoms with Gasteiger partial charge in [-0.3, -0.25) is 14.4 Å². The van der Waals surface area contributed by atoms with Gasteiger partial charge in [0.2, 0.25) is 0 Å². The molecule has 10 N–H and O–H groups in total. The highest BCUT2D eigenvalue weighted by molar-refractivity contribution is 5.84. The molecule has 0 amide bonds. The summed E-state index contributed by atoms with van der Waals surface area (Å²) in [7, 11) is 0. The number of rotatable bonds is 9. The lowest BCUT2D eigenvalue weighted by molar-refractivity contribution is -0.142. The maximum Gasteiger partial charge on any atom is 0.323 e. The van der Waals surface area contributed by atoms with Crippen molar-refractivity contribution in [2.75, 3.05) is 13.2 Å². The molecule has 0 aliphatic carbocycles. The number of nitrogens with zero attached hydrogens (tertiary/aromatic N) is 1. The van der Waals surface area contributed by atoms with Gasteiger partial charge in [-0.15, -0.1) is 0 Å². The first-order valence-corrected chi connectivity index (χ1v) is 6.50. The third-order valence-electron chi connectivity index (χ3n) is 2.69. The van der Waals surface area contributed by atoms with Gasteiger partial charge >= 0.3 is 11.9 Å². The third-order valence-corrected chi connectivity index (χ3v) is 2.69. The van der Waals surface area contributed by atoms with Crippen LogP contribution in [0.3, 0.4) is 0 Å². The Morgan fingerprint density at radius 2 is 1.65 bits per heavy atom. The molecule has 0 aromatic heterocycles. The predicted octanol–water partition coefficient (Wildman–Crippen LogP) is -3.40. The van der Waals surface area contributed by atoms with Crippen molar-refractivity contribution in [1.29, 1.82) is 5.26 Å². The third kappa shape index (κ3) is 10.3. The molecule has 0 bridgehead atoms. The number of carboxylic acid groups (broad SMARTS) is 2. The molecule has 0 rings (SSSR count). The average Bonchev–Trinajstić information content (AvgIpc) is 2.52. The largest absolute Gasteiger partial charge is 0.480 e. The minimum absolute atomic E-state index is 0.0249. The zero-order valence-electron chi connectivity index (χ0n) is 12.3. The van der Waals surface area contributed by atoms with E-state index in [0.717, 1.165) is 0 Å². The maximum absolute atomic E-state index is 11.2. The van der Waals surface area contributed by atoms with Gasteiger partial charge in [0, 0.05) is 13.0 Å². The van der Waals surface area contributed by atoms with Gasteiger partial charge in [0.15, 0.2) is 5.78 Å². The van der Waals surface area contributed by atoms with Crippen molar-refractivity contribution < 1.29 is 34.8 Å². The highest BCUT2D eigenvalue weighted by Gasteiger charge is 2.20. The Balaban J connectivity index is 0. The molecular formula is C12H22N4O7. The monoisotopic (exact) mass is 334 g/mol. The Hall–Kier alpha value is -2.10. The van der Waals surface area contributed by atoms with Crippen molar-refractivity contribution in [1.82, 2.24) is 0 Å². The normalized spacial score (nSPS) is 15.1. The van der Waals surface area contributed by atoms with Gasteiger partial charge in [-0.1, -0.05) is 0 Å². The molecule has 0 fully saturated rings. The lowest BCUT2D eigenvalue weighted by Crippen LogP contribution is -2.43. The Labute approximate surface area is 132 Å². The molecule has 0 aromatic rings. The molecular weight excluding hydrogens is 312 g/mol. The Kier molecular flexibility index (Phi) is 12.5. The van der Waals surface area contributed by atoms with E-state index in [1.165, 1.54) is 0 Å². The molecule has 0 spiro atoms. The van der Waals surface area contributed by atoms with Crippen molar-refractivity contribution >= 4 is 17.7 Å². The van der Waals surface area contributed by atoms with Crippen LogP contribution in [-0.2, 0) is 14.4 Å². The topological polar surface area (TPSA) is 234 Å². The first kappa shape index (κ1) is 23.2. The number of Topliss-reactive ketones (excluding diaryl/α,β-unsaturated/α-hetero) is 1. The van der Waals surface area contributed by atoms with E-state index in [9.17, 15) is 14.4 Å². The Morgan fingerprint density at radius 3 is 1.91 bits per heavy atom. The minimum atomic E-state index is -1.39. The van der Waals surface area contributed by atoms with Crippen LogP contribution in [-0.4, -0.2) is 69.5 Å². The SMILES string of the molecule is N#CC(CN)C(=O)CCC(N)C(=O)O.N[C@H](C(=O)O)C(O)CO. The van der Waals surface area contributed by atoms with Crippen LogP contribution in [0.5, 0.6) is 0 Å². The number of carboxylic acids is 2. The Morgan fingerprint density at radius 1 is 1.13 bits per heavy atom. The second-order valence-electron chi connectivity index (χ2n) is 4.48. The van der Waals surface area contributed by atoms with Crippen LogP contribution < -0.4 is 17.2 Å². The highest BCUT2D eigenvalue weighted by Crippen LogP contribution is 2.03. The van der Waals surface area contributed by atoms with Crippen LogP contribution in [0.25, 0.3) is 0 Å². The molecule has 132 valence electrons. The molecule has 0 aliphatic heterocycles. The van der Waals surface area contributed by atoms with Gasteiger partial charge in [0.1, 0.15) is 24.1 Å². The summed E-state index contributed by atoms with van der Waals surface area (Å²) < 4.78 is 0. The van der Waals surface area contributed by atoms with Crippen molar-refractivity contribution in [3.8, 4) is 6.07 Å². The van der Waals surface area contributed by atoms with Gasteiger partial charge in [0.25, 0.3) is 0 Å². The molecule has 23 heavy (non-hydrogen) atoms. The highest BCUT2D eigenvalue weighted by atomic mass is 16.4. The van der Waals surface area contributed by atoms with E-state index in [-0.39, 0.29) is 25.2 Å². The zero-order valence-corrected chi connectivity index (χ0v) is 12.3. The number of ketones is 1. The number of carbonyl (C=O) groups excluding carboxylic acids is 1. The van der Waals surface area contributed by atoms with Crippen molar-refractivity contribution in [2.45, 2.75) is 31.0 Å². The quantitative estimate of drug-likeness (QED) is 0.219. The van der Waals surface area contributed by atoms with Crippen molar-refractivity contribution in [2.24, 2.45) is 23.1 Å². The number of carbonyl (C=O) groups is 3. The number of aliphatic hydroxyl groups is 2. The van der Waals surface area contributed by atoms with Crippen molar-refractivity contribution in [3.63, 3.8) is 0 Å². The molecule has 11 heteroatoms. The van der Waals surface area contributed by atoms with Gasteiger partial charge in [0.05, 0.1) is 12.7 Å². The van der Waals surface area contributed by atoms with E-state index < -0.39 is 42.7 Å². The summed E-state index contributed by atoms with van der Waals surface area (Å²) in [4.78, 5) is 31.4. The standard InChI is InChI=1S/C8H13N3O3.C4H9NO4/c9-3-5(4-10)7(12)2-1-6(11)8(13)14;5-3(4(8)9)2(7)1-6/h5-6H,1-3,9,11H2,(H,13,14);2-3,6-7H,1,5H2,(H,8,9)/t;2?,3-/m.0/s1. The number of nitrogens with two attached hydrogens (primary N) is 3. The van der Waals surface area contributed by atoms with Crippen LogP contribution in [0.4, 0.5) is 0 Å². The first-order valence-electron chi connectivity index (χ1n) is 6.50. The zero-order chi connectivity index (χ0) is 18.6. The summed E-state index contributed by atoms with van der Waals surface area (Å²) in [5.74, 6) is -3.68. The summed E-state index contributed by atoms with van der Waals surface area (Å²) in [5.41, 5.74) is 15.2. The first-order chi connectivity index (χ1) is 10.6. The number of aliphatic carboxylic acids is 2. The van der Waals surface area contributed by atoms with Crippen LogP contribution in [0.2, 0.25) is 0 Å². The lowest BCUT2D eigenvalue weighted by Gasteiger charge is -2.10. The van der Waals surface area contributed by atoms with Crippen molar-refractivity contribution in [3.05, 3.63) is 0 Å². The van der Waals surface area contributed by atoms with Crippen LogP contribution in [0.1, 0.15) is 12.8 Å². The summed E-state index contributed by atoms with van der Waals surface area (Å²) in [6.07, 6.45) is -1.36. The molecule has 0 radical (unpaired) electrons. The summed E-state index contributed by atoms with van der Waals surface area (Å²) >= 11 is 0. The van der Waals surface area contributed by atoms with Gasteiger partial charge in [-0.05, 0) is 6.42 Å². The summed E-state index contributed by atoms with van der Waals surface area (Å²) in [6, 6.07) is -0.711. The van der Waals surface area contributed by atoms with E-state index >= 15 is 0 Å². The van der Waals surface area contributed by atoms with E-state index in [2.05, 4.69) is 0 Å².